The molecular weight excluding hydrogens is 242 g/mol. The Labute approximate surface area is 114 Å². The van der Waals surface area contributed by atoms with Gasteiger partial charge >= 0.3 is 6.09 Å². The first-order valence-electron chi connectivity index (χ1n) is 6.50. The molecule has 0 spiro atoms. The molecule has 0 unspecified atom stereocenters. The maximum Gasteiger partial charge on any atom is 0.407 e. The van der Waals surface area contributed by atoms with E-state index in [4.69, 9.17) is 4.74 Å². The Balaban J connectivity index is 2.13. The molecule has 1 amide bonds. The summed E-state index contributed by atoms with van der Waals surface area (Å²) < 4.78 is 5.14. The summed E-state index contributed by atoms with van der Waals surface area (Å²) in [7, 11) is 0. The van der Waals surface area contributed by atoms with Crippen molar-refractivity contribution in [1.29, 1.82) is 0 Å². The van der Waals surface area contributed by atoms with Gasteiger partial charge in [0, 0.05) is 30.7 Å². The first-order valence-corrected chi connectivity index (χ1v) is 6.50. The van der Waals surface area contributed by atoms with E-state index in [1.807, 2.05) is 39.8 Å². The summed E-state index contributed by atoms with van der Waals surface area (Å²) in [6.45, 7) is 8.88. The third-order valence-corrected chi connectivity index (χ3v) is 2.25. The first kappa shape index (κ1) is 15.3. The number of aryl methyl sites for hydroxylation is 1. The molecular formula is C14H23N3O2. The van der Waals surface area contributed by atoms with Crippen LogP contribution in [-0.2, 0) is 4.74 Å². The Bertz CT molecular complexity index is 413. The van der Waals surface area contributed by atoms with Crippen LogP contribution >= 0.6 is 0 Å². The second-order valence-electron chi connectivity index (χ2n) is 5.39. The number of hydrogen-bond donors (Lipinski definition) is 2. The summed E-state index contributed by atoms with van der Waals surface area (Å²) in [6, 6.07) is 3.91. The van der Waals surface area contributed by atoms with Crippen molar-refractivity contribution in [3.05, 3.63) is 24.0 Å². The Morgan fingerprint density at radius 2 is 2.11 bits per heavy atom. The van der Waals surface area contributed by atoms with E-state index in [1.165, 1.54) is 0 Å². The maximum absolute atomic E-state index is 11.4. The number of amides is 1. The van der Waals surface area contributed by atoms with Gasteiger partial charge in [-0.05, 0) is 46.2 Å². The summed E-state index contributed by atoms with van der Waals surface area (Å²) in [5, 5.41) is 6.00. The topological polar surface area (TPSA) is 63.2 Å². The fourth-order valence-corrected chi connectivity index (χ4v) is 1.48. The molecule has 0 fully saturated rings. The van der Waals surface area contributed by atoms with Crippen LogP contribution in [0.2, 0.25) is 0 Å². The molecule has 1 heterocycles. The highest BCUT2D eigenvalue weighted by Gasteiger charge is 2.15. The predicted octanol–water partition coefficient (Wildman–Crippen LogP) is 2.72. The molecule has 0 aromatic carbocycles. The van der Waals surface area contributed by atoms with Crippen LogP contribution in [0, 0.1) is 6.92 Å². The van der Waals surface area contributed by atoms with Crippen molar-refractivity contribution in [2.24, 2.45) is 0 Å². The molecule has 1 aromatic heterocycles. The van der Waals surface area contributed by atoms with Gasteiger partial charge in [0.05, 0.1) is 0 Å². The lowest BCUT2D eigenvalue weighted by Gasteiger charge is -2.19. The number of ether oxygens (including phenoxy) is 1. The average Bonchev–Trinajstić information content (AvgIpc) is 2.26. The Morgan fingerprint density at radius 3 is 2.74 bits per heavy atom. The molecule has 5 heteroatoms. The SMILES string of the molecule is Cc1cc(NCCCNC(=O)OC(C)(C)C)ccn1. The Kier molecular flexibility index (Phi) is 5.60. The maximum atomic E-state index is 11.4. The van der Waals surface area contributed by atoms with Crippen LogP contribution < -0.4 is 10.6 Å². The number of alkyl carbamates (subject to hydrolysis) is 1. The van der Waals surface area contributed by atoms with Crippen molar-refractivity contribution >= 4 is 11.8 Å². The molecule has 0 aliphatic heterocycles. The molecule has 0 saturated carbocycles. The van der Waals surface area contributed by atoms with Gasteiger partial charge in [0.1, 0.15) is 5.60 Å². The number of carbonyl (C=O) groups excluding carboxylic acids is 1. The standard InChI is InChI=1S/C14H23N3O2/c1-11-10-12(6-9-15-11)16-7-5-8-17-13(18)19-14(2,3)4/h6,9-10H,5,7-8H2,1-4H3,(H,15,16)(H,17,18). The first-order chi connectivity index (χ1) is 8.87. The highest BCUT2D eigenvalue weighted by atomic mass is 16.6. The number of carbonyl (C=O) groups is 1. The summed E-state index contributed by atoms with van der Waals surface area (Å²) in [5.41, 5.74) is 1.58. The number of rotatable bonds is 5. The molecule has 0 radical (unpaired) electrons. The van der Waals surface area contributed by atoms with E-state index >= 15 is 0 Å². The molecule has 0 bridgehead atoms. The molecule has 2 N–H and O–H groups in total. The molecule has 19 heavy (non-hydrogen) atoms. The number of anilines is 1. The Hall–Kier alpha value is -1.78. The molecule has 1 rings (SSSR count). The van der Waals surface area contributed by atoms with Gasteiger partial charge in [0.2, 0.25) is 0 Å². The highest BCUT2D eigenvalue weighted by Crippen LogP contribution is 2.07. The average molecular weight is 265 g/mol. The molecule has 0 atom stereocenters. The van der Waals surface area contributed by atoms with E-state index in [-0.39, 0.29) is 6.09 Å². The number of pyridine rings is 1. The van der Waals surface area contributed by atoms with Crippen molar-refractivity contribution in [3.8, 4) is 0 Å². The van der Waals surface area contributed by atoms with Crippen LogP contribution in [0.4, 0.5) is 10.5 Å². The quantitative estimate of drug-likeness (QED) is 0.803. The fourth-order valence-electron chi connectivity index (χ4n) is 1.48. The van der Waals surface area contributed by atoms with Crippen molar-refractivity contribution in [3.63, 3.8) is 0 Å². The van der Waals surface area contributed by atoms with Crippen molar-refractivity contribution in [2.45, 2.75) is 39.7 Å². The minimum absolute atomic E-state index is 0.368. The summed E-state index contributed by atoms with van der Waals surface area (Å²) >= 11 is 0. The molecule has 5 nitrogen and oxygen atoms in total. The minimum atomic E-state index is -0.448. The van der Waals surface area contributed by atoms with Gasteiger partial charge in [0.15, 0.2) is 0 Å². The van der Waals surface area contributed by atoms with Crippen LogP contribution in [0.3, 0.4) is 0 Å². The predicted molar refractivity (Wildman–Crippen MR) is 76.3 cm³/mol. The van der Waals surface area contributed by atoms with Crippen molar-refractivity contribution in [2.75, 3.05) is 18.4 Å². The largest absolute Gasteiger partial charge is 0.444 e. The lowest BCUT2D eigenvalue weighted by molar-refractivity contribution is 0.0528. The van der Waals surface area contributed by atoms with Gasteiger partial charge in [-0.1, -0.05) is 0 Å². The van der Waals surface area contributed by atoms with E-state index < -0.39 is 5.60 Å². The summed E-state index contributed by atoms with van der Waals surface area (Å²) in [6.07, 6.45) is 2.24. The molecule has 0 aliphatic carbocycles. The van der Waals surface area contributed by atoms with E-state index in [9.17, 15) is 4.79 Å². The van der Waals surface area contributed by atoms with Crippen LogP contribution in [0.5, 0.6) is 0 Å². The molecule has 1 aromatic rings. The second-order valence-corrected chi connectivity index (χ2v) is 5.39. The molecule has 0 aliphatic rings. The fraction of sp³-hybridized carbons (Fsp3) is 0.571. The van der Waals surface area contributed by atoms with E-state index in [0.717, 1.165) is 24.3 Å². The highest BCUT2D eigenvalue weighted by molar-refractivity contribution is 5.67. The lowest BCUT2D eigenvalue weighted by atomic mass is 10.2. The number of hydrogen-bond acceptors (Lipinski definition) is 4. The monoisotopic (exact) mass is 265 g/mol. The van der Waals surface area contributed by atoms with E-state index in [2.05, 4.69) is 15.6 Å². The zero-order valence-corrected chi connectivity index (χ0v) is 12.1. The van der Waals surface area contributed by atoms with Gasteiger partial charge in [-0.2, -0.15) is 0 Å². The Morgan fingerprint density at radius 1 is 1.37 bits per heavy atom. The smallest absolute Gasteiger partial charge is 0.407 e. The molecule has 0 saturated heterocycles. The lowest BCUT2D eigenvalue weighted by Crippen LogP contribution is -2.33. The third kappa shape index (κ3) is 7.28. The minimum Gasteiger partial charge on any atom is -0.444 e. The molecule has 106 valence electrons. The van der Waals surface area contributed by atoms with Gasteiger partial charge in [-0.3, -0.25) is 4.98 Å². The number of nitrogens with one attached hydrogen (secondary N) is 2. The van der Waals surface area contributed by atoms with Crippen LogP contribution in [-0.4, -0.2) is 29.8 Å². The van der Waals surface area contributed by atoms with Crippen LogP contribution in [0.15, 0.2) is 18.3 Å². The van der Waals surface area contributed by atoms with Crippen LogP contribution in [0.1, 0.15) is 32.9 Å². The van der Waals surface area contributed by atoms with Gasteiger partial charge in [-0.25, -0.2) is 4.79 Å². The van der Waals surface area contributed by atoms with Crippen molar-refractivity contribution in [1.82, 2.24) is 10.3 Å². The van der Waals surface area contributed by atoms with E-state index in [0.29, 0.717) is 6.54 Å². The number of aromatic nitrogens is 1. The summed E-state index contributed by atoms with van der Waals surface area (Å²) in [5.74, 6) is 0. The number of nitrogens with zero attached hydrogens (tertiary/aromatic N) is 1. The second kappa shape index (κ2) is 6.97. The zero-order valence-electron chi connectivity index (χ0n) is 12.1. The van der Waals surface area contributed by atoms with Gasteiger partial charge < -0.3 is 15.4 Å². The summed E-state index contributed by atoms with van der Waals surface area (Å²) in [4.78, 5) is 15.5. The van der Waals surface area contributed by atoms with Crippen LogP contribution in [0.25, 0.3) is 0 Å². The zero-order chi connectivity index (χ0) is 14.3. The van der Waals surface area contributed by atoms with E-state index in [1.54, 1.807) is 6.20 Å². The van der Waals surface area contributed by atoms with Crippen molar-refractivity contribution < 1.29 is 9.53 Å². The van der Waals surface area contributed by atoms with Gasteiger partial charge in [-0.15, -0.1) is 0 Å². The third-order valence-electron chi connectivity index (χ3n) is 2.25. The van der Waals surface area contributed by atoms with Gasteiger partial charge in [0.25, 0.3) is 0 Å². The normalized spacial score (nSPS) is 10.9.